The fourth-order valence-electron chi connectivity index (χ4n) is 11.6. The number of hydrogen-bond donors (Lipinski definition) is 7. The maximum absolute atomic E-state index is 13.1. The number of carbonyl (C=O) groups is 4. The van der Waals surface area contributed by atoms with Crippen molar-refractivity contribution in [2.75, 3.05) is 42.3 Å². The summed E-state index contributed by atoms with van der Waals surface area (Å²) in [4.78, 5) is 74.1. The number of aromatic carboxylic acids is 1. The number of aromatic amines is 1. The number of rotatable bonds is 26. The predicted molar refractivity (Wildman–Crippen MR) is 435 cm³/mol. The van der Waals surface area contributed by atoms with Crippen LogP contribution in [0.3, 0.4) is 0 Å². The zero-order valence-electron chi connectivity index (χ0n) is 64.2. The summed E-state index contributed by atoms with van der Waals surface area (Å²) < 4.78 is 77.3. The highest BCUT2D eigenvalue weighted by Crippen LogP contribution is 2.28. The number of aromatic nitrogens is 6. The summed E-state index contributed by atoms with van der Waals surface area (Å²) in [6, 6.07) is 64.7. The Bertz CT molecular complexity index is 5500. The predicted octanol–water partition coefficient (Wildman–Crippen LogP) is 13.2. The molecule has 116 heavy (non-hydrogen) atoms. The van der Waals surface area contributed by atoms with Crippen molar-refractivity contribution >= 4 is 56.4 Å². The molecule has 14 rings (SSSR count). The molecule has 14 aromatic rings. The van der Waals surface area contributed by atoms with Crippen LogP contribution in [0.5, 0.6) is 34.5 Å². The van der Waals surface area contributed by atoms with Crippen molar-refractivity contribution in [3.8, 4) is 34.5 Å². The van der Waals surface area contributed by atoms with E-state index in [1.165, 1.54) is 78.2 Å². The van der Waals surface area contributed by atoms with Gasteiger partial charge in [-0.25, -0.2) is 32.3 Å². The second kappa shape index (κ2) is 44.1. The van der Waals surface area contributed by atoms with Crippen molar-refractivity contribution in [3.05, 3.63) is 363 Å². The smallest absolute Gasteiger partial charge is 0.537 e. The molecule has 0 aliphatic heterocycles. The molecule has 24 nitrogen and oxygen atoms in total. The summed E-state index contributed by atoms with van der Waals surface area (Å²) in [5.41, 5.74) is 10.6. The lowest BCUT2D eigenvalue weighted by molar-refractivity contribution is 0.0687. The number of carboxylic acid groups (broad SMARTS) is 1. The number of carbonyl (C=O) groups excluding carboxylic acids is 3. The van der Waals surface area contributed by atoms with Gasteiger partial charge in [0.25, 0.3) is 11.8 Å². The van der Waals surface area contributed by atoms with Gasteiger partial charge in [0.1, 0.15) is 92.3 Å². The van der Waals surface area contributed by atoms with Crippen LogP contribution in [0.1, 0.15) is 80.8 Å². The molecule has 0 saturated heterocycles. The van der Waals surface area contributed by atoms with Crippen molar-refractivity contribution in [2.24, 2.45) is 0 Å². The van der Waals surface area contributed by atoms with E-state index in [1.807, 2.05) is 88.9 Å². The maximum Gasteiger partial charge on any atom is 0.569 e. The van der Waals surface area contributed by atoms with E-state index in [0.29, 0.717) is 90.3 Å². The quantitative estimate of drug-likeness (QED) is 0.0151. The first-order valence-electron chi connectivity index (χ1n) is 36.0. The van der Waals surface area contributed by atoms with Crippen LogP contribution in [0.2, 0.25) is 0 Å². The van der Waals surface area contributed by atoms with Crippen molar-refractivity contribution in [3.63, 3.8) is 0 Å². The number of halogens is 4. The van der Waals surface area contributed by atoms with E-state index < -0.39 is 5.97 Å². The van der Waals surface area contributed by atoms with E-state index in [2.05, 4.69) is 50.3 Å². The summed E-state index contributed by atoms with van der Waals surface area (Å²) in [6.07, 6.45) is 10.6. The molecule has 0 aliphatic carbocycles. The van der Waals surface area contributed by atoms with Gasteiger partial charge in [-0.3, -0.25) is 47.1 Å². The van der Waals surface area contributed by atoms with Crippen molar-refractivity contribution < 1.29 is 70.7 Å². The van der Waals surface area contributed by atoms with Gasteiger partial charge in [-0.1, -0.05) is 84.9 Å². The van der Waals surface area contributed by atoms with E-state index in [-0.39, 0.29) is 46.2 Å². The molecule has 594 valence electrons. The lowest BCUT2D eigenvalue weighted by Gasteiger charge is -2.17. The monoisotopic (exact) mass is 1570 g/mol. The molecule has 0 fully saturated rings. The number of carboxylic acids is 1. The molecule has 30 heteroatoms. The highest BCUT2D eigenvalue weighted by atomic mass is 19.1. The third-order valence-corrected chi connectivity index (χ3v) is 17.0. The molecule has 0 bridgehead atoms. The maximum atomic E-state index is 13.1. The number of amides is 2. The number of imidazole rings is 3. The lowest BCUT2D eigenvalue weighted by Crippen LogP contribution is -2.22. The van der Waals surface area contributed by atoms with Crippen LogP contribution in [0.25, 0.3) is 16.9 Å². The van der Waals surface area contributed by atoms with Crippen LogP contribution in [0.4, 0.5) is 17.6 Å². The normalized spacial score (nSPS) is 10.6. The van der Waals surface area contributed by atoms with Gasteiger partial charge in [-0.2, -0.15) is 0 Å². The van der Waals surface area contributed by atoms with E-state index in [1.54, 1.807) is 156 Å². The number of pyridine rings is 3. The summed E-state index contributed by atoms with van der Waals surface area (Å²) in [6.45, 7) is 5.23. The molecule has 7 N–H and O–H groups in total. The first-order valence-corrected chi connectivity index (χ1v) is 36.0. The van der Waals surface area contributed by atoms with Crippen LogP contribution >= 0.6 is 0 Å². The minimum atomic E-state index is -1.05. The van der Waals surface area contributed by atoms with Gasteiger partial charge < -0.3 is 54.9 Å². The van der Waals surface area contributed by atoms with Gasteiger partial charge in [0.05, 0.1) is 5.75 Å². The fraction of sp³-hybridized carbons (Fsp3) is 0.151. The second-order valence-corrected chi connectivity index (χ2v) is 26.0. The number of nitrogens with one attached hydrogen (secondary N) is 4. The molecule has 6 aromatic heterocycles. The van der Waals surface area contributed by atoms with Crippen LogP contribution in [-0.4, -0.2) is 140 Å². The van der Waals surface area contributed by atoms with Gasteiger partial charge in [0, 0.05) is 139 Å². The topological polar surface area (TPSA) is 284 Å². The van der Waals surface area contributed by atoms with Crippen LogP contribution < -0.4 is 40.2 Å². The third kappa shape index (κ3) is 27.1. The molecule has 2 radical (unpaired) electrons. The Labute approximate surface area is 668 Å². The summed E-state index contributed by atoms with van der Waals surface area (Å²) in [5, 5.41) is 34.3. The molecule has 0 aliphatic rings. The summed E-state index contributed by atoms with van der Waals surface area (Å²) >= 11 is 0. The Balaban J connectivity index is 0.000000167. The summed E-state index contributed by atoms with van der Waals surface area (Å²) in [7, 11) is 12.3. The van der Waals surface area contributed by atoms with Gasteiger partial charge in [0.2, 0.25) is 0 Å². The van der Waals surface area contributed by atoms with Crippen LogP contribution in [-0.2, 0) is 45.8 Å². The van der Waals surface area contributed by atoms with Crippen molar-refractivity contribution in [1.82, 2.24) is 58.8 Å². The fourth-order valence-corrected chi connectivity index (χ4v) is 11.6. The Morgan fingerprint density at radius 2 is 0.776 bits per heavy atom. The molecule has 0 saturated carbocycles. The Hall–Kier alpha value is -13.5. The third-order valence-electron chi connectivity index (χ3n) is 17.0. The van der Waals surface area contributed by atoms with E-state index >= 15 is 0 Å². The average Bonchev–Trinajstić information content (AvgIpc) is 1.64. The minimum absolute atomic E-state index is 0.0824. The second-order valence-electron chi connectivity index (χ2n) is 26.0. The molecule has 0 atom stereocenters. The number of ether oxygens (including phenoxy) is 2. The van der Waals surface area contributed by atoms with E-state index in [0.717, 1.165) is 84.5 Å². The molecule has 2 amide bonds. The van der Waals surface area contributed by atoms with Gasteiger partial charge >= 0.3 is 21.3 Å². The Morgan fingerprint density at radius 1 is 0.440 bits per heavy atom. The van der Waals surface area contributed by atoms with Gasteiger partial charge in [0.15, 0.2) is 5.43 Å². The molecular weight excluding hydrogens is 1490 g/mol. The number of fused-ring (bicyclic) bond motifs is 3. The molecular formula is C86H84B2F4N12O12. The summed E-state index contributed by atoms with van der Waals surface area (Å²) in [5.74, 6) is 0.911. The van der Waals surface area contributed by atoms with E-state index in [4.69, 9.17) is 24.2 Å². The number of nitrogens with zero attached hydrogens (tertiary/aromatic N) is 8. The number of hydrogen-bond acceptors (Lipinski definition) is 17. The Morgan fingerprint density at radius 3 is 1.13 bits per heavy atom. The molecule has 0 spiro atoms. The zero-order valence-corrected chi connectivity index (χ0v) is 64.2. The lowest BCUT2D eigenvalue weighted by atomic mass is 10.1. The first-order chi connectivity index (χ1) is 56.1. The van der Waals surface area contributed by atoms with E-state index in [9.17, 15) is 46.6 Å². The van der Waals surface area contributed by atoms with Crippen molar-refractivity contribution in [1.29, 1.82) is 0 Å². The van der Waals surface area contributed by atoms with Crippen molar-refractivity contribution in [2.45, 2.75) is 45.8 Å². The zero-order chi connectivity index (χ0) is 82.9. The highest BCUT2D eigenvalue weighted by Gasteiger charge is 2.16. The Kier molecular flexibility index (Phi) is 32.9. The largest absolute Gasteiger partial charge is 0.569 e. The van der Waals surface area contributed by atoms with Crippen LogP contribution in [0, 0.1) is 23.3 Å². The van der Waals surface area contributed by atoms with Gasteiger partial charge in [-0.15, -0.1) is 0 Å². The standard InChI is InChI=1S/C24H23FN4O2.C23H20FN3O3.C15H16BFNO2.C9H9N3O2.C8H10FN.C7H6BO3/c1-26-24(30)22-13-21(14-23-27-11-12-29(22)23)31-20-9-5-18(6-10-20)16-28(2)15-17-3-7-19(25)8-4-17;1-26(14-16-2-6-18(24)7-3-16)15-17-4-8-19(9-5-17)30-20-12-21(23(28)29)27-11-10-25-22(27)13-20;1-18(10-12-2-6-14(17)7-3-12)11-13-4-8-15(9-5-13)20-16-19;1-10-9(14)7-4-6(13)5-8-11-2-3-12(7)8;1-10-6-7-2-4-8(9)5-3-7;9-5-6-1-3-7(4-2-6)11-8-10/h3-14H,15-16H2,1-2H3,(H,26,30);2-13H,14-15H2,1H3,(H,28,29);2-9,19H,10-11H2,1H3;2-5,11H,1H3,(H,10,14);2-5,10H,6H2,1H3;1-5,10H. The number of H-pyrrole nitrogens is 1. The SMILES string of the molecule is CN(Cc1ccc(F)cc1)Cc1ccc(O[B]O)cc1.CN(Cc1ccc(F)cc1)Cc1ccc(Oc2cc(C(=O)O)n3ccnc3c2)cc1.CNC(=O)c1cc(=O)cc2[nH]ccn12.CNC(=O)c1cc(Oc2ccc(CN(C)Cc3ccc(F)cc3)cc2)cc2nccn12.CNCc1ccc(F)cc1.O=Cc1ccc(O[B]O)cc1. The highest BCUT2D eigenvalue weighted by molar-refractivity contribution is 6.17. The van der Waals surface area contributed by atoms with Gasteiger partial charge in [-0.05, 0) is 176 Å². The molecule has 6 heterocycles. The van der Waals surface area contributed by atoms with Crippen LogP contribution in [0.15, 0.2) is 272 Å². The number of benzene rings is 8. The average molecular weight is 1580 g/mol. The molecule has 0 unspecified atom stereocenters. The first kappa shape index (κ1) is 86.5. The number of aldehydes is 1. The minimum Gasteiger partial charge on any atom is -0.537 e. The molecule has 8 aromatic carbocycles.